The molecule has 0 aliphatic carbocycles. The fourth-order valence-electron chi connectivity index (χ4n) is 1.48. The number of hydrogen-bond donors (Lipinski definition) is 1. The average Bonchev–Trinajstić information content (AvgIpc) is 2.41. The van der Waals surface area contributed by atoms with Gasteiger partial charge in [-0.3, -0.25) is 4.79 Å². The summed E-state index contributed by atoms with van der Waals surface area (Å²) in [6.07, 6.45) is 1.46. The summed E-state index contributed by atoms with van der Waals surface area (Å²) in [6.45, 7) is 1.95. The van der Waals surface area contributed by atoms with Gasteiger partial charge in [-0.15, -0.1) is 0 Å². The van der Waals surface area contributed by atoms with E-state index in [2.05, 4.69) is 10.5 Å². The molecule has 0 radical (unpaired) electrons. The fourth-order valence-corrected chi connectivity index (χ4v) is 1.48. The van der Waals surface area contributed by atoms with Crippen molar-refractivity contribution in [2.45, 2.75) is 6.92 Å². The maximum absolute atomic E-state index is 12.7. The van der Waals surface area contributed by atoms with Gasteiger partial charge in [0.25, 0.3) is 5.91 Å². The van der Waals surface area contributed by atoms with Gasteiger partial charge in [-0.25, -0.2) is 9.82 Å². The van der Waals surface area contributed by atoms with Crippen LogP contribution in [0.15, 0.2) is 53.6 Å². The van der Waals surface area contributed by atoms with Gasteiger partial charge in [-0.1, -0.05) is 29.8 Å². The quantitative estimate of drug-likeness (QED) is 0.665. The number of benzene rings is 2. The van der Waals surface area contributed by atoms with Crippen molar-refractivity contribution in [3.05, 3.63) is 71.0 Å². The monoisotopic (exact) mass is 256 g/mol. The van der Waals surface area contributed by atoms with E-state index in [-0.39, 0.29) is 11.7 Å². The van der Waals surface area contributed by atoms with Crippen LogP contribution in [0.4, 0.5) is 4.39 Å². The van der Waals surface area contributed by atoms with Crippen LogP contribution < -0.4 is 5.43 Å². The van der Waals surface area contributed by atoms with Crippen molar-refractivity contribution < 1.29 is 9.18 Å². The Kier molecular flexibility index (Phi) is 4.03. The number of amides is 1. The van der Waals surface area contributed by atoms with Crippen LogP contribution in [0.1, 0.15) is 21.5 Å². The van der Waals surface area contributed by atoms with E-state index < -0.39 is 0 Å². The van der Waals surface area contributed by atoms with E-state index in [1.54, 1.807) is 24.3 Å². The van der Waals surface area contributed by atoms with Crippen LogP contribution in [0.2, 0.25) is 0 Å². The molecule has 0 atom stereocenters. The minimum Gasteiger partial charge on any atom is -0.267 e. The molecule has 0 unspecified atom stereocenters. The van der Waals surface area contributed by atoms with Crippen LogP contribution >= 0.6 is 0 Å². The predicted molar refractivity (Wildman–Crippen MR) is 72.6 cm³/mol. The number of hydrazone groups is 1. The molecule has 0 bridgehead atoms. The van der Waals surface area contributed by atoms with E-state index in [1.807, 2.05) is 19.1 Å². The van der Waals surface area contributed by atoms with Crippen LogP contribution in [0.25, 0.3) is 0 Å². The Bertz CT molecular complexity index is 589. The highest BCUT2D eigenvalue weighted by molar-refractivity contribution is 5.94. The Balaban J connectivity index is 1.96. The number of carbonyl (C=O) groups is 1. The van der Waals surface area contributed by atoms with Crippen molar-refractivity contribution in [3.63, 3.8) is 0 Å². The first-order chi connectivity index (χ1) is 9.15. The minimum atomic E-state index is -0.305. The molecule has 0 saturated heterocycles. The molecule has 0 heterocycles. The van der Waals surface area contributed by atoms with Crippen molar-refractivity contribution >= 4 is 12.1 Å². The van der Waals surface area contributed by atoms with Crippen molar-refractivity contribution in [1.29, 1.82) is 0 Å². The summed E-state index contributed by atoms with van der Waals surface area (Å²) in [4.78, 5) is 11.7. The lowest BCUT2D eigenvalue weighted by atomic mass is 10.1. The fraction of sp³-hybridized carbons (Fsp3) is 0.0667. The van der Waals surface area contributed by atoms with Gasteiger partial charge in [0.05, 0.1) is 6.21 Å². The van der Waals surface area contributed by atoms with Crippen LogP contribution in [0.5, 0.6) is 0 Å². The Morgan fingerprint density at radius 2 is 1.74 bits per heavy atom. The number of rotatable bonds is 3. The van der Waals surface area contributed by atoms with Gasteiger partial charge in [0.2, 0.25) is 0 Å². The molecule has 0 fully saturated rings. The zero-order valence-corrected chi connectivity index (χ0v) is 10.4. The van der Waals surface area contributed by atoms with Crippen molar-refractivity contribution in [2.75, 3.05) is 0 Å². The maximum atomic E-state index is 12.7. The Morgan fingerprint density at radius 3 is 2.37 bits per heavy atom. The molecule has 4 heteroatoms. The van der Waals surface area contributed by atoms with Gasteiger partial charge in [-0.2, -0.15) is 5.10 Å². The van der Waals surface area contributed by atoms with Crippen molar-refractivity contribution in [1.82, 2.24) is 5.43 Å². The summed E-state index contributed by atoms with van der Waals surface area (Å²) >= 11 is 0. The minimum absolute atomic E-state index is 0.279. The van der Waals surface area contributed by atoms with E-state index in [9.17, 15) is 9.18 Å². The number of nitrogens with zero attached hydrogens (tertiary/aromatic N) is 1. The zero-order chi connectivity index (χ0) is 13.7. The number of carbonyl (C=O) groups excluding carboxylic acids is 1. The molecule has 0 aromatic heterocycles. The SMILES string of the molecule is Cc1ccc(C(=O)N/N=C\c2ccc(F)cc2)cc1. The van der Waals surface area contributed by atoms with Crippen molar-refractivity contribution in [3.8, 4) is 0 Å². The zero-order valence-electron chi connectivity index (χ0n) is 10.4. The van der Waals surface area contributed by atoms with Gasteiger partial charge < -0.3 is 0 Å². The normalized spacial score (nSPS) is 10.6. The molecule has 0 saturated carbocycles. The van der Waals surface area contributed by atoms with Gasteiger partial charge in [0.15, 0.2) is 0 Å². The highest BCUT2D eigenvalue weighted by Crippen LogP contribution is 2.03. The van der Waals surface area contributed by atoms with E-state index >= 15 is 0 Å². The molecule has 0 spiro atoms. The van der Waals surface area contributed by atoms with Crippen LogP contribution in [-0.4, -0.2) is 12.1 Å². The molecular formula is C15H13FN2O. The van der Waals surface area contributed by atoms with E-state index in [4.69, 9.17) is 0 Å². The lowest BCUT2D eigenvalue weighted by molar-refractivity contribution is 0.0955. The van der Waals surface area contributed by atoms with E-state index in [0.717, 1.165) is 5.56 Å². The number of nitrogens with one attached hydrogen (secondary N) is 1. The Hall–Kier alpha value is -2.49. The second-order valence-corrected chi connectivity index (χ2v) is 4.12. The molecule has 0 aliphatic heterocycles. The molecule has 3 nitrogen and oxygen atoms in total. The van der Waals surface area contributed by atoms with Gasteiger partial charge >= 0.3 is 0 Å². The van der Waals surface area contributed by atoms with Crippen LogP contribution in [0.3, 0.4) is 0 Å². The van der Waals surface area contributed by atoms with E-state index in [0.29, 0.717) is 11.1 Å². The Morgan fingerprint density at radius 1 is 1.11 bits per heavy atom. The third kappa shape index (κ3) is 3.74. The Labute approximate surface area is 110 Å². The lowest BCUT2D eigenvalue weighted by Gasteiger charge is -2.00. The summed E-state index contributed by atoms with van der Waals surface area (Å²) in [7, 11) is 0. The summed E-state index contributed by atoms with van der Waals surface area (Å²) in [5, 5.41) is 3.82. The van der Waals surface area contributed by atoms with Crippen LogP contribution in [-0.2, 0) is 0 Å². The predicted octanol–water partition coefficient (Wildman–Crippen LogP) is 2.90. The van der Waals surface area contributed by atoms with E-state index in [1.165, 1.54) is 18.3 Å². The summed E-state index contributed by atoms with van der Waals surface area (Å²) < 4.78 is 12.7. The first kappa shape index (κ1) is 13.0. The largest absolute Gasteiger partial charge is 0.271 e. The van der Waals surface area contributed by atoms with Gasteiger partial charge in [0, 0.05) is 5.56 Å². The summed E-state index contributed by atoms with van der Waals surface area (Å²) in [5.74, 6) is -0.584. The molecular weight excluding hydrogens is 243 g/mol. The molecule has 0 aliphatic rings. The van der Waals surface area contributed by atoms with Crippen molar-refractivity contribution in [2.24, 2.45) is 5.10 Å². The first-order valence-corrected chi connectivity index (χ1v) is 5.81. The molecule has 96 valence electrons. The highest BCUT2D eigenvalue weighted by atomic mass is 19.1. The second-order valence-electron chi connectivity index (χ2n) is 4.12. The average molecular weight is 256 g/mol. The van der Waals surface area contributed by atoms with Gasteiger partial charge in [0.1, 0.15) is 5.82 Å². The lowest BCUT2D eigenvalue weighted by Crippen LogP contribution is -2.17. The smallest absolute Gasteiger partial charge is 0.267 e. The third-order valence-corrected chi connectivity index (χ3v) is 2.56. The highest BCUT2D eigenvalue weighted by Gasteiger charge is 2.02. The molecule has 2 aromatic carbocycles. The topological polar surface area (TPSA) is 41.5 Å². The second kappa shape index (κ2) is 5.91. The summed E-state index contributed by atoms with van der Waals surface area (Å²) in [6, 6.07) is 13.0. The molecule has 1 N–H and O–H groups in total. The molecule has 2 aromatic rings. The first-order valence-electron chi connectivity index (χ1n) is 5.81. The molecule has 1 amide bonds. The summed E-state index contributed by atoms with van der Waals surface area (Å²) in [5.41, 5.74) is 4.76. The van der Waals surface area contributed by atoms with Gasteiger partial charge in [-0.05, 0) is 36.8 Å². The third-order valence-electron chi connectivity index (χ3n) is 2.56. The standard InChI is InChI=1S/C15H13FN2O/c1-11-2-6-13(7-3-11)15(19)18-17-10-12-4-8-14(16)9-5-12/h2-10H,1H3,(H,18,19)/b17-10-. The van der Waals surface area contributed by atoms with Crippen LogP contribution in [0, 0.1) is 12.7 Å². The number of halogens is 1. The number of hydrogen-bond acceptors (Lipinski definition) is 2. The maximum Gasteiger partial charge on any atom is 0.271 e. The molecule has 19 heavy (non-hydrogen) atoms. The molecule has 2 rings (SSSR count). The number of aryl methyl sites for hydroxylation is 1.